The van der Waals surface area contributed by atoms with E-state index in [1.165, 1.54) is 5.56 Å². The maximum Gasteiger partial charge on any atom is 0.335 e. The van der Waals surface area contributed by atoms with Crippen molar-refractivity contribution in [3.05, 3.63) is 35.4 Å². The van der Waals surface area contributed by atoms with Crippen LogP contribution in [-0.2, 0) is 5.75 Å². The van der Waals surface area contributed by atoms with Crippen molar-refractivity contribution in [2.75, 3.05) is 0 Å². The van der Waals surface area contributed by atoms with Crippen LogP contribution >= 0.6 is 11.8 Å². The minimum absolute atomic E-state index is 0.350. The molecule has 0 aromatic heterocycles. The molecule has 0 spiro atoms. The van der Waals surface area contributed by atoms with E-state index in [-0.39, 0.29) is 0 Å². The lowest BCUT2D eigenvalue weighted by molar-refractivity contribution is 0.0697. The fourth-order valence-corrected chi connectivity index (χ4v) is 1.72. The van der Waals surface area contributed by atoms with Crippen LogP contribution in [0.15, 0.2) is 24.3 Å². The monoisotopic (exact) mass is 210 g/mol. The molecule has 3 heteroatoms. The number of hydrogen-bond acceptors (Lipinski definition) is 2. The van der Waals surface area contributed by atoms with E-state index in [2.05, 4.69) is 13.8 Å². The number of thioether (sulfide) groups is 1. The summed E-state index contributed by atoms with van der Waals surface area (Å²) in [5, 5.41) is 9.29. The van der Waals surface area contributed by atoms with Crippen molar-refractivity contribution in [1.82, 2.24) is 0 Å². The van der Waals surface area contributed by atoms with Crippen LogP contribution in [0.5, 0.6) is 0 Å². The smallest absolute Gasteiger partial charge is 0.335 e. The molecule has 0 bridgehead atoms. The van der Waals surface area contributed by atoms with Crippen molar-refractivity contribution >= 4 is 17.7 Å². The first-order valence-electron chi connectivity index (χ1n) is 4.53. The van der Waals surface area contributed by atoms with Gasteiger partial charge in [-0.3, -0.25) is 0 Å². The van der Waals surface area contributed by atoms with Gasteiger partial charge >= 0.3 is 5.97 Å². The van der Waals surface area contributed by atoms with Gasteiger partial charge in [0.1, 0.15) is 0 Å². The van der Waals surface area contributed by atoms with Gasteiger partial charge in [0, 0.05) is 5.75 Å². The summed E-state index contributed by atoms with van der Waals surface area (Å²) in [7, 11) is 0. The molecular weight excluding hydrogens is 196 g/mol. The van der Waals surface area contributed by atoms with Crippen LogP contribution < -0.4 is 0 Å². The van der Waals surface area contributed by atoms with E-state index in [1.54, 1.807) is 12.1 Å². The van der Waals surface area contributed by atoms with Crippen molar-refractivity contribution < 1.29 is 9.90 Å². The number of hydrogen-bond donors (Lipinski definition) is 1. The SMILES string of the molecule is CC(C)SCc1ccc(C(=O)O)cc1. The van der Waals surface area contributed by atoms with Gasteiger partial charge in [-0.25, -0.2) is 4.79 Å². The van der Waals surface area contributed by atoms with Gasteiger partial charge in [0.25, 0.3) is 0 Å². The molecule has 0 atom stereocenters. The standard InChI is InChI=1S/C11H14O2S/c1-8(2)14-7-9-3-5-10(6-4-9)11(12)13/h3-6,8H,7H2,1-2H3,(H,12,13). The fraction of sp³-hybridized carbons (Fsp3) is 0.364. The quantitative estimate of drug-likeness (QED) is 0.830. The van der Waals surface area contributed by atoms with Crippen molar-refractivity contribution in [2.24, 2.45) is 0 Å². The Balaban J connectivity index is 2.60. The third-order valence-electron chi connectivity index (χ3n) is 1.78. The molecular formula is C11H14O2S. The van der Waals surface area contributed by atoms with E-state index in [0.717, 1.165) is 5.75 Å². The first kappa shape index (κ1) is 11.1. The van der Waals surface area contributed by atoms with Crippen LogP contribution in [0.2, 0.25) is 0 Å². The van der Waals surface area contributed by atoms with Gasteiger partial charge in [-0.05, 0) is 22.9 Å². The van der Waals surface area contributed by atoms with Crippen LogP contribution in [0.4, 0.5) is 0 Å². The van der Waals surface area contributed by atoms with Gasteiger partial charge in [-0.15, -0.1) is 0 Å². The number of rotatable bonds is 4. The molecule has 0 saturated carbocycles. The second-order valence-corrected chi connectivity index (χ2v) is 4.93. The highest BCUT2D eigenvalue weighted by Gasteiger charge is 2.02. The molecule has 0 saturated heterocycles. The fourth-order valence-electron chi connectivity index (χ4n) is 1.01. The molecule has 1 aromatic rings. The Hall–Kier alpha value is -0.960. The third kappa shape index (κ3) is 3.42. The molecule has 76 valence electrons. The lowest BCUT2D eigenvalue weighted by atomic mass is 10.1. The summed E-state index contributed by atoms with van der Waals surface area (Å²) in [6.45, 7) is 4.30. The van der Waals surface area contributed by atoms with Crippen molar-refractivity contribution in [1.29, 1.82) is 0 Å². The highest BCUT2D eigenvalue weighted by molar-refractivity contribution is 7.99. The molecule has 1 aromatic carbocycles. The van der Waals surface area contributed by atoms with E-state index in [4.69, 9.17) is 5.11 Å². The lowest BCUT2D eigenvalue weighted by Crippen LogP contribution is -1.96. The molecule has 1 N–H and O–H groups in total. The Morgan fingerprint density at radius 2 is 1.93 bits per heavy atom. The first-order chi connectivity index (χ1) is 6.59. The molecule has 0 amide bonds. The zero-order valence-corrected chi connectivity index (χ0v) is 9.17. The summed E-state index contributed by atoms with van der Waals surface area (Å²) in [4.78, 5) is 10.6. The first-order valence-corrected chi connectivity index (χ1v) is 5.58. The maximum atomic E-state index is 10.6. The topological polar surface area (TPSA) is 37.3 Å². The second-order valence-electron chi connectivity index (χ2n) is 3.36. The molecule has 0 radical (unpaired) electrons. The Bertz CT molecular complexity index is 304. The summed E-state index contributed by atoms with van der Waals surface area (Å²) in [6.07, 6.45) is 0. The number of benzene rings is 1. The number of carboxylic acid groups (broad SMARTS) is 1. The summed E-state index contributed by atoms with van der Waals surface area (Å²) >= 11 is 1.85. The van der Waals surface area contributed by atoms with E-state index in [0.29, 0.717) is 10.8 Å². The molecule has 0 aliphatic carbocycles. The third-order valence-corrected chi connectivity index (χ3v) is 2.95. The van der Waals surface area contributed by atoms with Crippen LogP contribution in [0.25, 0.3) is 0 Å². The largest absolute Gasteiger partial charge is 0.478 e. The minimum Gasteiger partial charge on any atom is -0.478 e. The van der Waals surface area contributed by atoms with Gasteiger partial charge < -0.3 is 5.11 Å². The highest BCUT2D eigenvalue weighted by atomic mass is 32.2. The molecule has 0 aliphatic rings. The predicted molar refractivity (Wildman–Crippen MR) is 59.8 cm³/mol. The number of aromatic carboxylic acids is 1. The predicted octanol–water partition coefficient (Wildman–Crippen LogP) is 3.03. The maximum absolute atomic E-state index is 10.6. The summed E-state index contributed by atoms with van der Waals surface area (Å²) in [6, 6.07) is 7.05. The van der Waals surface area contributed by atoms with Crippen molar-refractivity contribution in [3.63, 3.8) is 0 Å². The van der Waals surface area contributed by atoms with Gasteiger partial charge in [0.15, 0.2) is 0 Å². The van der Waals surface area contributed by atoms with Gasteiger partial charge in [0.2, 0.25) is 0 Å². The van der Waals surface area contributed by atoms with E-state index in [9.17, 15) is 4.79 Å². The minimum atomic E-state index is -0.868. The average Bonchev–Trinajstić information content (AvgIpc) is 2.15. The van der Waals surface area contributed by atoms with Gasteiger partial charge in [-0.1, -0.05) is 26.0 Å². The van der Waals surface area contributed by atoms with Crippen molar-refractivity contribution in [2.45, 2.75) is 24.9 Å². The Kier molecular flexibility index (Phi) is 4.01. The molecule has 0 unspecified atom stereocenters. The van der Waals surface area contributed by atoms with Crippen LogP contribution in [-0.4, -0.2) is 16.3 Å². The molecule has 0 fully saturated rings. The summed E-state index contributed by atoms with van der Waals surface area (Å²) in [5.41, 5.74) is 1.52. The van der Waals surface area contributed by atoms with Gasteiger partial charge in [0.05, 0.1) is 5.56 Å². The Labute approximate surface area is 88.3 Å². The van der Waals surface area contributed by atoms with Gasteiger partial charge in [-0.2, -0.15) is 11.8 Å². The highest BCUT2D eigenvalue weighted by Crippen LogP contribution is 2.17. The summed E-state index contributed by atoms with van der Waals surface area (Å²) < 4.78 is 0. The van der Waals surface area contributed by atoms with E-state index < -0.39 is 5.97 Å². The number of carboxylic acids is 1. The van der Waals surface area contributed by atoms with Crippen LogP contribution in [0, 0.1) is 0 Å². The normalized spacial score (nSPS) is 10.5. The van der Waals surface area contributed by atoms with Crippen LogP contribution in [0.1, 0.15) is 29.8 Å². The Morgan fingerprint density at radius 3 is 2.36 bits per heavy atom. The second kappa shape index (κ2) is 5.05. The molecule has 2 nitrogen and oxygen atoms in total. The number of carbonyl (C=O) groups is 1. The molecule has 0 aliphatic heterocycles. The molecule has 1 rings (SSSR count). The van der Waals surface area contributed by atoms with E-state index in [1.807, 2.05) is 23.9 Å². The van der Waals surface area contributed by atoms with Crippen molar-refractivity contribution in [3.8, 4) is 0 Å². The summed E-state index contributed by atoms with van der Waals surface area (Å²) in [5.74, 6) is 0.0745. The Morgan fingerprint density at radius 1 is 1.36 bits per heavy atom. The molecule has 14 heavy (non-hydrogen) atoms. The average molecular weight is 210 g/mol. The van der Waals surface area contributed by atoms with Crippen LogP contribution in [0.3, 0.4) is 0 Å². The lowest BCUT2D eigenvalue weighted by Gasteiger charge is -2.04. The van der Waals surface area contributed by atoms with E-state index >= 15 is 0 Å². The zero-order chi connectivity index (χ0) is 10.6. The molecule has 0 heterocycles. The zero-order valence-electron chi connectivity index (χ0n) is 8.36.